The summed E-state index contributed by atoms with van der Waals surface area (Å²) < 4.78 is 5.87. The smallest absolute Gasteiger partial charge is 0.335 e. The molecule has 2 aromatic rings. The highest BCUT2D eigenvalue weighted by atomic mass is 16.5. The van der Waals surface area contributed by atoms with Gasteiger partial charge in [0.15, 0.2) is 0 Å². The molecule has 1 saturated heterocycles. The average Bonchev–Trinajstić information content (AvgIpc) is 3.10. The number of rotatable bonds is 6. The van der Waals surface area contributed by atoms with Crippen molar-refractivity contribution >= 4 is 11.9 Å². The number of nitrogens with zero attached hydrogens (tertiary/aromatic N) is 2. The van der Waals surface area contributed by atoms with Gasteiger partial charge in [0.2, 0.25) is 5.91 Å². The van der Waals surface area contributed by atoms with Crippen molar-refractivity contribution in [3.63, 3.8) is 0 Å². The fourth-order valence-electron chi connectivity index (χ4n) is 2.88. The maximum atomic E-state index is 12.4. The predicted octanol–water partition coefficient (Wildman–Crippen LogP) is 2.14. The van der Waals surface area contributed by atoms with E-state index in [2.05, 4.69) is 4.98 Å². The maximum absolute atomic E-state index is 12.4. The Bertz CT molecular complexity index is 748. The number of carboxylic acid groups (broad SMARTS) is 1. The quantitative estimate of drug-likeness (QED) is 0.871. The Morgan fingerprint density at radius 2 is 2.00 bits per heavy atom. The number of hydrogen-bond donors (Lipinski definition) is 1. The molecular weight excluding hydrogens is 320 g/mol. The summed E-state index contributed by atoms with van der Waals surface area (Å²) >= 11 is 0. The summed E-state index contributed by atoms with van der Waals surface area (Å²) in [6, 6.07) is 10.3. The van der Waals surface area contributed by atoms with Crippen molar-refractivity contribution in [3.05, 3.63) is 65.5 Å². The van der Waals surface area contributed by atoms with E-state index in [1.165, 1.54) is 6.07 Å². The average molecular weight is 340 g/mol. The third-order valence-corrected chi connectivity index (χ3v) is 4.26. The van der Waals surface area contributed by atoms with Crippen molar-refractivity contribution in [3.8, 4) is 0 Å². The van der Waals surface area contributed by atoms with Crippen LogP contribution in [0.2, 0.25) is 0 Å². The van der Waals surface area contributed by atoms with Crippen molar-refractivity contribution in [2.24, 2.45) is 0 Å². The number of aromatic carboxylic acids is 1. The van der Waals surface area contributed by atoms with E-state index in [9.17, 15) is 9.59 Å². The van der Waals surface area contributed by atoms with E-state index < -0.39 is 5.97 Å². The second kappa shape index (κ2) is 7.90. The van der Waals surface area contributed by atoms with E-state index in [0.29, 0.717) is 25.3 Å². The molecule has 130 valence electrons. The highest BCUT2D eigenvalue weighted by Gasteiger charge is 2.26. The van der Waals surface area contributed by atoms with Gasteiger partial charge in [0.1, 0.15) is 0 Å². The topological polar surface area (TPSA) is 79.7 Å². The molecule has 1 aromatic carbocycles. The fourth-order valence-corrected chi connectivity index (χ4v) is 2.88. The zero-order valence-electron chi connectivity index (χ0n) is 13.8. The van der Waals surface area contributed by atoms with Crippen molar-refractivity contribution in [2.75, 3.05) is 13.1 Å². The highest BCUT2D eigenvalue weighted by molar-refractivity contribution is 5.88. The molecular formula is C19H20N2O4. The van der Waals surface area contributed by atoms with Gasteiger partial charge in [-0.15, -0.1) is 0 Å². The Morgan fingerprint density at radius 3 is 2.76 bits per heavy atom. The molecule has 1 fully saturated rings. The van der Waals surface area contributed by atoms with E-state index in [-0.39, 0.29) is 24.0 Å². The van der Waals surface area contributed by atoms with Crippen LogP contribution in [-0.4, -0.2) is 46.1 Å². The molecule has 2 heterocycles. The Kier molecular flexibility index (Phi) is 5.40. The van der Waals surface area contributed by atoms with Crippen LogP contribution in [0.3, 0.4) is 0 Å². The number of carbonyl (C=O) groups is 2. The van der Waals surface area contributed by atoms with Crippen LogP contribution in [0.25, 0.3) is 0 Å². The molecule has 0 saturated carbocycles. The van der Waals surface area contributed by atoms with Gasteiger partial charge >= 0.3 is 5.97 Å². The monoisotopic (exact) mass is 340 g/mol. The minimum Gasteiger partial charge on any atom is -0.478 e. The van der Waals surface area contributed by atoms with Crippen LogP contribution < -0.4 is 0 Å². The van der Waals surface area contributed by atoms with Gasteiger partial charge < -0.3 is 14.7 Å². The van der Waals surface area contributed by atoms with E-state index >= 15 is 0 Å². The molecule has 1 aromatic heterocycles. The zero-order valence-corrected chi connectivity index (χ0v) is 13.8. The van der Waals surface area contributed by atoms with Crippen molar-refractivity contribution in [1.82, 2.24) is 9.88 Å². The van der Waals surface area contributed by atoms with Crippen LogP contribution in [0.5, 0.6) is 0 Å². The standard InChI is InChI=1S/C19H20N2O4/c22-18(11-15-2-1-3-16(10-15)19(23)24)21-9-6-17(12-21)25-13-14-4-7-20-8-5-14/h1-5,7-8,10,17H,6,9,11-13H2,(H,23,24). The lowest BCUT2D eigenvalue weighted by Crippen LogP contribution is -2.31. The summed E-state index contributed by atoms with van der Waals surface area (Å²) in [6.07, 6.45) is 4.51. The molecule has 0 bridgehead atoms. The molecule has 6 heteroatoms. The van der Waals surface area contributed by atoms with Gasteiger partial charge in [-0.1, -0.05) is 12.1 Å². The van der Waals surface area contributed by atoms with Gasteiger partial charge in [0, 0.05) is 25.5 Å². The molecule has 1 amide bonds. The lowest BCUT2D eigenvalue weighted by molar-refractivity contribution is -0.130. The summed E-state index contributed by atoms with van der Waals surface area (Å²) in [4.78, 5) is 29.2. The first-order valence-electron chi connectivity index (χ1n) is 8.22. The van der Waals surface area contributed by atoms with Crippen molar-refractivity contribution in [1.29, 1.82) is 0 Å². The van der Waals surface area contributed by atoms with Gasteiger partial charge in [-0.05, 0) is 41.8 Å². The van der Waals surface area contributed by atoms with Gasteiger partial charge in [0.05, 0.1) is 24.7 Å². The van der Waals surface area contributed by atoms with E-state index in [1.54, 1.807) is 35.5 Å². The van der Waals surface area contributed by atoms with E-state index in [4.69, 9.17) is 9.84 Å². The van der Waals surface area contributed by atoms with E-state index in [0.717, 1.165) is 12.0 Å². The predicted molar refractivity (Wildman–Crippen MR) is 91.1 cm³/mol. The fraction of sp³-hybridized carbons (Fsp3) is 0.316. The first-order valence-corrected chi connectivity index (χ1v) is 8.22. The lowest BCUT2D eigenvalue weighted by Gasteiger charge is -2.17. The summed E-state index contributed by atoms with van der Waals surface area (Å²) in [5.41, 5.74) is 1.97. The third-order valence-electron chi connectivity index (χ3n) is 4.26. The SMILES string of the molecule is O=C(O)c1cccc(CC(=O)N2CCC(OCc3ccncc3)C2)c1. The highest BCUT2D eigenvalue weighted by Crippen LogP contribution is 2.16. The molecule has 1 unspecified atom stereocenters. The number of aromatic nitrogens is 1. The normalized spacial score (nSPS) is 16.8. The number of likely N-dealkylation sites (tertiary alicyclic amines) is 1. The Labute approximate surface area is 146 Å². The molecule has 0 spiro atoms. The second-order valence-electron chi connectivity index (χ2n) is 6.10. The maximum Gasteiger partial charge on any atom is 0.335 e. The number of carbonyl (C=O) groups excluding carboxylic acids is 1. The van der Waals surface area contributed by atoms with Gasteiger partial charge in [-0.3, -0.25) is 9.78 Å². The Morgan fingerprint density at radius 1 is 1.20 bits per heavy atom. The Hall–Kier alpha value is -2.73. The summed E-state index contributed by atoms with van der Waals surface area (Å²) in [7, 11) is 0. The number of pyridine rings is 1. The van der Waals surface area contributed by atoms with Crippen LogP contribution in [0.1, 0.15) is 27.9 Å². The van der Waals surface area contributed by atoms with Crippen LogP contribution in [-0.2, 0) is 22.6 Å². The number of amides is 1. The van der Waals surface area contributed by atoms with Crippen molar-refractivity contribution in [2.45, 2.75) is 25.6 Å². The Balaban J connectivity index is 1.50. The molecule has 0 aliphatic carbocycles. The van der Waals surface area contributed by atoms with Crippen LogP contribution >= 0.6 is 0 Å². The minimum absolute atomic E-state index is 0.00227. The molecule has 0 radical (unpaired) electrons. The van der Waals surface area contributed by atoms with Crippen molar-refractivity contribution < 1.29 is 19.4 Å². The molecule has 1 aliphatic rings. The van der Waals surface area contributed by atoms with Crippen LogP contribution in [0.4, 0.5) is 0 Å². The first kappa shape index (κ1) is 17.1. The summed E-state index contributed by atoms with van der Waals surface area (Å²) in [5, 5.41) is 9.03. The molecule has 1 atom stereocenters. The number of ether oxygens (including phenoxy) is 1. The minimum atomic E-state index is -0.986. The molecule has 1 aliphatic heterocycles. The zero-order chi connectivity index (χ0) is 17.6. The number of hydrogen-bond acceptors (Lipinski definition) is 4. The molecule has 25 heavy (non-hydrogen) atoms. The third kappa shape index (κ3) is 4.64. The van der Waals surface area contributed by atoms with Crippen LogP contribution in [0.15, 0.2) is 48.8 Å². The second-order valence-corrected chi connectivity index (χ2v) is 6.10. The van der Waals surface area contributed by atoms with E-state index in [1.807, 2.05) is 12.1 Å². The van der Waals surface area contributed by atoms with Gasteiger partial charge in [-0.25, -0.2) is 4.79 Å². The van der Waals surface area contributed by atoms with Crippen LogP contribution in [0, 0.1) is 0 Å². The molecule has 3 rings (SSSR count). The summed E-state index contributed by atoms with van der Waals surface area (Å²) in [5.74, 6) is -0.988. The van der Waals surface area contributed by atoms with Gasteiger partial charge in [0.25, 0.3) is 0 Å². The first-order chi connectivity index (χ1) is 12.1. The van der Waals surface area contributed by atoms with Gasteiger partial charge in [-0.2, -0.15) is 0 Å². The summed E-state index contributed by atoms with van der Waals surface area (Å²) in [6.45, 7) is 1.75. The number of carboxylic acids is 1. The largest absolute Gasteiger partial charge is 0.478 e. The molecule has 6 nitrogen and oxygen atoms in total. The molecule has 1 N–H and O–H groups in total. The lowest BCUT2D eigenvalue weighted by atomic mass is 10.1. The number of benzene rings is 1.